The molecule has 1 aliphatic heterocycles. The number of hydrogen-bond donors (Lipinski definition) is 3. The number of carboxylic acid groups (broad SMARTS) is 1. The number of aliphatic hydroxyl groups is 1. The first-order valence-corrected chi connectivity index (χ1v) is 11.5. The molecule has 2 unspecified atom stereocenters. The third-order valence-electron chi connectivity index (χ3n) is 6.66. The second kappa shape index (κ2) is 9.46. The quantitative estimate of drug-likeness (QED) is 0.603. The van der Waals surface area contributed by atoms with Gasteiger partial charge in [-0.3, -0.25) is 9.59 Å². The highest BCUT2D eigenvalue weighted by Crippen LogP contribution is 2.44. The largest absolute Gasteiger partial charge is 0.481 e. The number of likely N-dealkylation sites (tertiary alicyclic amines) is 1. The van der Waals surface area contributed by atoms with Gasteiger partial charge in [-0.1, -0.05) is 48.5 Å². The minimum Gasteiger partial charge on any atom is -0.481 e. The molecule has 0 saturated carbocycles. The summed E-state index contributed by atoms with van der Waals surface area (Å²) >= 11 is 0. The van der Waals surface area contributed by atoms with Crippen LogP contribution in [0.1, 0.15) is 37.3 Å². The number of piperidine rings is 1. The number of rotatable bonds is 6. The summed E-state index contributed by atoms with van der Waals surface area (Å²) in [5.41, 5.74) is 3.52. The molecule has 2 aromatic rings. The first kappa shape index (κ1) is 23.8. The van der Waals surface area contributed by atoms with E-state index < -0.39 is 29.5 Å². The number of hydrogen-bond acceptors (Lipinski definition) is 5. The SMILES string of the molecule is CC(C)(CNC(=O)OCC1c2ccccc2-c2ccccc21)C(=O)N1CC(O)CC(C(=O)O)C1. The van der Waals surface area contributed by atoms with E-state index in [1.165, 1.54) is 4.90 Å². The number of amides is 2. The molecule has 0 bridgehead atoms. The number of ether oxygens (including phenoxy) is 1. The van der Waals surface area contributed by atoms with Crippen molar-refractivity contribution in [3.8, 4) is 11.1 Å². The molecule has 1 fully saturated rings. The molecule has 8 nitrogen and oxygen atoms in total. The second-order valence-electron chi connectivity index (χ2n) is 9.70. The number of nitrogens with one attached hydrogen (secondary N) is 1. The lowest BCUT2D eigenvalue weighted by molar-refractivity contribution is -0.152. The first-order chi connectivity index (χ1) is 16.2. The van der Waals surface area contributed by atoms with Crippen LogP contribution < -0.4 is 5.32 Å². The van der Waals surface area contributed by atoms with Crippen LogP contribution in [-0.2, 0) is 14.3 Å². The minimum atomic E-state index is -1.04. The van der Waals surface area contributed by atoms with E-state index in [1.807, 2.05) is 36.4 Å². The molecule has 34 heavy (non-hydrogen) atoms. The minimum absolute atomic E-state index is 0.0207. The maximum absolute atomic E-state index is 13.0. The summed E-state index contributed by atoms with van der Waals surface area (Å²) in [6.07, 6.45) is -1.38. The van der Waals surface area contributed by atoms with Crippen molar-refractivity contribution in [1.29, 1.82) is 0 Å². The number of benzene rings is 2. The van der Waals surface area contributed by atoms with Gasteiger partial charge in [-0.05, 0) is 42.5 Å². The molecule has 2 aromatic carbocycles. The summed E-state index contributed by atoms with van der Waals surface area (Å²) in [6, 6.07) is 16.1. The zero-order chi connectivity index (χ0) is 24.5. The highest BCUT2D eigenvalue weighted by Gasteiger charge is 2.39. The molecule has 2 amide bonds. The van der Waals surface area contributed by atoms with Crippen LogP contribution in [0, 0.1) is 11.3 Å². The fourth-order valence-electron chi connectivity index (χ4n) is 4.86. The number of aliphatic hydroxyl groups excluding tert-OH is 1. The van der Waals surface area contributed by atoms with E-state index in [1.54, 1.807) is 13.8 Å². The Morgan fingerprint density at radius 1 is 1.03 bits per heavy atom. The number of alkyl carbamates (subject to hydrolysis) is 1. The molecular formula is C26H30N2O6. The van der Waals surface area contributed by atoms with Crippen LogP contribution >= 0.6 is 0 Å². The number of carboxylic acids is 1. The first-order valence-electron chi connectivity index (χ1n) is 11.5. The Labute approximate surface area is 198 Å². The lowest BCUT2D eigenvalue weighted by Crippen LogP contribution is -2.54. The van der Waals surface area contributed by atoms with Gasteiger partial charge in [0, 0.05) is 25.6 Å². The van der Waals surface area contributed by atoms with Crippen LogP contribution in [0.4, 0.5) is 4.79 Å². The number of fused-ring (bicyclic) bond motifs is 3. The summed E-state index contributed by atoms with van der Waals surface area (Å²) in [5, 5.41) is 22.0. The average Bonchev–Trinajstić information content (AvgIpc) is 3.14. The van der Waals surface area contributed by atoms with Crippen LogP contribution in [0.15, 0.2) is 48.5 Å². The molecule has 2 aliphatic rings. The Hall–Kier alpha value is -3.39. The van der Waals surface area contributed by atoms with Gasteiger partial charge in [0.2, 0.25) is 5.91 Å². The second-order valence-corrected chi connectivity index (χ2v) is 9.70. The highest BCUT2D eigenvalue weighted by molar-refractivity contribution is 5.84. The van der Waals surface area contributed by atoms with E-state index in [0.717, 1.165) is 22.3 Å². The molecule has 0 radical (unpaired) electrons. The summed E-state index contributed by atoms with van der Waals surface area (Å²) in [5.74, 6) is -2.23. The Kier molecular flexibility index (Phi) is 6.61. The van der Waals surface area contributed by atoms with Gasteiger partial charge in [0.1, 0.15) is 6.61 Å². The number of aliphatic carboxylic acids is 1. The third-order valence-corrected chi connectivity index (χ3v) is 6.66. The summed E-state index contributed by atoms with van der Waals surface area (Å²) in [6.45, 7) is 3.67. The standard InChI is InChI=1S/C26H30N2O6/c1-26(2,24(32)28-12-16(23(30)31)11-17(29)13-28)15-27-25(33)34-14-22-20-9-5-3-7-18(20)19-8-4-6-10-21(19)22/h3-10,16-17,22,29H,11-15H2,1-2H3,(H,27,33)(H,30,31). The molecule has 4 rings (SSSR count). The number of nitrogens with zero attached hydrogens (tertiary/aromatic N) is 1. The molecule has 1 saturated heterocycles. The van der Waals surface area contributed by atoms with Gasteiger partial charge >= 0.3 is 12.1 Å². The van der Waals surface area contributed by atoms with Crippen LogP contribution in [-0.4, -0.2) is 65.4 Å². The van der Waals surface area contributed by atoms with E-state index in [2.05, 4.69) is 17.4 Å². The fraction of sp³-hybridized carbons (Fsp3) is 0.423. The third kappa shape index (κ3) is 4.77. The number of carbonyl (C=O) groups excluding carboxylic acids is 2. The summed E-state index contributed by atoms with van der Waals surface area (Å²) < 4.78 is 5.53. The van der Waals surface area contributed by atoms with Crippen LogP contribution in [0.25, 0.3) is 11.1 Å². The van der Waals surface area contributed by atoms with Crippen LogP contribution in [0.5, 0.6) is 0 Å². The van der Waals surface area contributed by atoms with E-state index in [9.17, 15) is 24.6 Å². The number of β-amino-alcohol motifs (C(OH)–C–C–N with tert-alkyl or cyclic N) is 1. The molecule has 0 spiro atoms. The van der Waals surface area contributed by atoms with Crippen LogP contribution in [0.3, 0.4) is 0 Å². The number of carbonyl (C=O) groups is 3. The monoisotopic (exact) mass is 466 g/mol. The van der Waals surface area contributed by atoms with E-state index in [4.69, 9.17) is 4.74 Å². The topological polar surface area (TPSA) is 116 Å². The molecular weight excluding hydrogens is 436 g/mol. The van der Waals surface area contributed by atoms with Crippen molar-refractivity contribution in [2.24, 2.45) is 11.3 Å². The van der Waals surface area contributed by atoms with Crippen molar-refractivity contribution < 1.29 is 29.3 Å². The van der Waals surface area contributed by atoms with Crippen molar-refractivity contribution >= 4 is 18.0 Å². The maximum Gasteiger partial charge on any atom is 0.407 e. The van der Waals surface area contributed by atoms with Gasteiger partial charge in [0.05, 0.1) is 17.4 Å². The van der Waals surface area contributed by atoms with E-state index >= 15 is 0 Å². The van der Waals surface area contributed by atoms with Crippen molar-refractivity contribution in [2.75, 3.05) is 26.2 Å². The van der Waals surface area contributed by atoms with Gasteiger partial charge in [0.15, 0.2) is 0 Å². The molecule has 180 valence electrons. The van der Waals surface area contributed by atoms with Crippen molar-refractivity contribution in [3.63, 3.8) is 0 Å². The van der Waals surface area contributed by atoms with Gasteiger partial charge < -0.3 is 25.2 Å². The molecule has 8 heteroatoms. The molecule has 1 heterocycles. The summed E-state index contributed by atoms with van der Waals surface area (Å²) in [4.78, 5) is 38.2. The fourth-order valence-corrected chi connectivity index (χ4v) is 4.86. The Morgan fingerprint density at radius 2 is 1.62 bits per heavy atom. The lowest BCUT2D eigenvalue weighted by Gasteiger charge is -2.38. The molecule has 2 atom stereocenters. The van der Waals surface area contributed by atoms with E-state index in [-0.39, 0.29) is 44.5 Å². The van der Waals surface area contributed by atoms with Crippen LogP contribution in [0.2, 0.25) is 0 Å². The normalized spacial score (nSPS) is 19.8. The highest BCUT2D eigenvalue weighted by atomic mass is 16.5. The van der Waals surface area contributed by atoms with Gasteiger partial charge in [-0.15, -0.1) is 0 Å². The van der Waals surface area contributed by atoms with Gasteiger partial charge in [-0.25, -0.2) is 4.79 Å². The zero-order valence-electron chi connectivity index (χ0n) is 19.4. The smallest absolute Gasteiger partial charge is 0.407 e. The van der Waals surface area contributed by atoms with Gasteiger partial charge in [0.25, 0.3) is 0 Å². The van der Waals surface area contributed by atoms with Gasteiger partial charge in [-0.2, -0.15) is 0 Å². The Morgan fingerprint density at radius 3 is 2.21 bits per heavy atom. The Bertz CT molecular complexity index is 1050. The summed E-state index contributed by atoms with van der Waals surface area (Å²) in [7, 11) is 0. The van der Waals surface area contributed by atoms with Crippen molar-refractivity contribution in [1.82, 2.24) is 10.2 Å². The Balaban J connectivity index is 1.34. The predicted octanol–water partition coefficient (Wildman–Crippen LogP) is 2.85. The molecule has 0 aromatic heterocycles. The molecule has 1 aliphatic carbocycles. The zero-order valence-corrected chi connectivity index (χ0v) is 19.4. The lowest BCUT2D eigenvalue weighted by atomic mass is 9.88. The maximum atomic E-state index is 13.0. The van der Waals surface area contributed by atoms with E-state index in [0.29, 0.717) is 0 Å². The van der Waals surface area contributed by atoms with Crippen molar-refractivity contribution in [2.45, 2.75) is 32.3 Å². The average molecular weight is 467 g/mol. The van der Waals surface area contributed by atoms with Crippen molar-refractivity contribution in [3.05, 3.63) is 59.7 Å². The molecule has 3 N–H and O–H groups in total. The predicted molar refractivity (Wildman–Crippen MR) is 125 cm³/mol.